The van der Waals surface area contributed by atoms with E-state index in [0.717, 1.165) is 12.8 Å². The fourth-order valence-corrected chi connectivity index (χ4v) is 1.81. The van der Waals surface area contributed by atoms with Crippen molar-refractivity contribution in [3.8, 4) is 5.75 Å². The number of hydrogen-bond donors (Lipinski definition) is 1. The summed E-state index contributed by atoms with van der Waals surface area (Å²) in [5.41, 5.74) is 0.717. The van der Waals surface area contributed by atoms with E-state index in [0.29, 0.717) is 11.7 Å². The van der Waals surface area contributed by atoms with Gasteiger partial charge in [-0.25, -0.2) is 0 Å². The molecule has 1 aliphatic rings. The minimum absolute atomic E-state index is 0.0494. The lowest BCUT2D eigenvalue weighted by Crippen LogP contribution is -2.26. The molecule has 1 fully saturated rings. The maximum atomic E-state index is 12.0. The van der Waals surface area contributed by atoms with Crippen LogP contribution in [0.15, 0.2) is 18.2 Å². The lowest BCUT2D eigenvalue weighted by molar-refractivity contribution is -0.274. The van der Waals surface area contributed by atoms with E-state index in [1.54, 1.807) is 0 Å². The van der Waals surface area contributed by atoms with Crippen molar-refractivity contribution >= 4 is 17.3 Å². The van der Waals surface area contributed by atoms with Crippen LogP contribution in [0.5, 0.6) is 5.75 Å². The van der Waals surface area contributed by atoms with Gasteiger partial charge in [-0.05, 0) is 37.5 Å². The van der Waals surface area contributed by atoms with E-state index in [4.69, 9.17) is 11.6 Å². The molecule has 2 rings (SSSR count). The Morgan fingerprint density at radius 2 is 2.00 bits per heavy atom. The zero-order chi connectivity index (χ0) is 12.5. The van der Waals surface area contributed by atoms with Crippen molar-refractivity contribution in [3.05, 3.63) is 23.2 Å². The number of hydrogen-bond acceptors (Lipinski definition) is 2. The molecule has 17 heavy (non-hydrogen) atoms. The normalized spacial score (nSPS) is 16.5. The molecule has 0 heterocycles. The zero-order valence-electron chi connectivity index (χ0n) is 8.85. The summed E-state index contributed by atoms with van der Waals surface area (Å²) in [4.78, 5) is 0. The standard InChI is InChI=1S/C11H11ClF3NO/c12-9-6-8(16-7-2-1-3-7)4-5-10(9)17-11(13,14)15/h4-7,16H,1-3H2. The van der Waals surface area contributed by atoms with Crippen molar-refractivity contribution in [2.75, 3.05) is 5.32 Å². The minimum atomic E-state index is -4.72. The molecule has 0 aliphatic heterocycles. The molecular formula is C11H11ClF3NO. The Balaban J connectivity index is 2.05. The molecular weight excluding hydrogens is 255 g/mol. The van der Waals surface area contributed by atoms with Crippen LogP contribution in [0.25, 0.3) is 0 Å². The highest BCUT2D eigenvalue weighted by atomic mass is 35.5. The first kappa shape index (κ1) is 12.4. The van der Waals surface area contributed by atoms with Crippen LogP contribution in [0.1, 0.15) is 19.3 Å². The quantitative estimate of drug-likeness (QED) is 0.884. The monoisotopic (exact) mass is 265 g/mol. The average molecular weight is 266 g/mol. The molecule has 0 atom stereocenters. The van der Waals surface area contributed by atoms with E-state index < -0.39 is 6.36 Å². The Morgan fingerprint density at radius 3 is 2.47 bits per heavy atom. The first-order valence-electron chi connectivity index (χ1n) is 5.26. The molecule has 1 aromatic carbocycles. The molecule has 1 N–H and O–H groups in total. The summed E-state index contributed by atoms with van der Waals surface area (Å²) in [6.45, 7) is 0. The molecule has 1 aromatic rings. The highest BCUT2D eigenvalue weighted by Crippen LogP contribution is 2.33. The van der Waals surface area contributed by atoms with Gasteiger partial charge in [0.05, 0.1) is 5.02 Å². The average Bonchev–Trinajstić information content (AvgIpc) is 2.14. The predicted molar refractivity (Wildman–Crippen MR) is 59.4 cm³/mol. The van der Waals surface area contributed by atoms with E-state index in [9.17, 15) is 13.2 Å². The molecule has 0 radical (unpaired) electrons. The van der Waals surface area contributed by atoms with Gasteiger partial charge >= 0.3 is 6.36 Å². The van der Waals surface area contributed by atoms with Gasteiger partial charge < -0.3 is 10.1 Å². The van der Waals surface area contributed by atoms with E-state index in [1.165, 1.54) is 24.6 Å². The van der Waals surface area contributed by atoms with Gasteiger partial charge in [0.2, 0.25) is 0 Å². The van der Waals surface area contributed by atoms with Gasteiger partial charge in [0.25, 0.3) is 0 Å². The first-order chi connectivity index (χ1) is 7.94. The van der Waals surface area contributed by atoms with Crippen molar-refractivity contribution in [3.63, 3.8) is 0 Å². The van der Waals surface area contributed by atoms with Gasteiger partial charge in [-0.3, -0.25) is 0 Å². The maximum Gasteiger partial charge on any atom is 0.573 e. The second-order valence-electron chi connectivity index (χ2n) is 3.97. The fraction of sp³-hybridized carbons (Fsp3) is 0.455. The summed E-state index contributed by atoms with van der Waals surface area (Å²) in [7, 11) is 0. The lowest BCUT2D eigenvalue weighted by Gasteiger charge is -2.27. The topological polar surface area (TPSA) is 21.3 Å². The highest BCUT2D eigenvalue weighted by molar-refractivity contribution is 6.32. The van der Waals surface area contributed by atoms with Gasteiger partial charge in [0, 0.05) is 11.7 Å². The van der Waals surface area contributed by atoms with Gasteiger partial charge in [-0.2, -0.15) is 0 Å². The molecule has 0 saturated heterocycles. The molecule has 1 saturated carbocycles. The van der Waals surface area contributed by atoms with Crippen LogP contribution in [0.3, 0.4) is 0 Å². The minimum Gasteiger partial charge on any atom is -0.404 e. The third-order valence-corrected chi connectivity index (χ3v) is 2.93. The van der Waals surface area contributed by atoms with Crippen molar-refractivity contribution in [2.45, 2.75) is 31.7 Å². The number of anilines is 1. The molecule has 0 amide bonds. The summed E-state index contributed by atoms with van der Waals surface area (Å²) >= 11 is 5.72. The number of nitrogens with one attached hydrogen (secondary N) is 1. The number of ether oxygens (including phenoxy) is 1. The van der Waals surface area contributed by atoms with Crippen molar-refractivity contribution in [1.29, 1.82) is 0 Å². The molecule has 6 heteroatoms. The van der Waals surface area contributed by atoms with E-state index >= 15 is 0 Å². The van der Waals surface area contributed by atoms with E-state index in [1.807, 2.05) is 0 Å². The number of rotatable bonds is 3. The van der Waals surface area contributed by atoms with Crippen LogP contribution in [-0.2, 0) is 0 Å². The maximum absolute atomic E-state index is 12.0. The van der Waals surface area contributed by atoms with Crippen LogP contribution < -0.4 is 10.1 Å². The molecule has 1 aliphatic carbocycles. The van der Waals surface area contributed by atoms with Crippen LogP contribution in [-0.4, -0.2) is 12.4 Å². The Hall–Kier alpha value is -1.10. The third-order valence-electron chi connectivity index (χ3n) is 2.63. The Morgan fingerprint density at radius 1 is 1.29 bits per heavy atom. The predicted octanol–water partition coefficient (Wildman–Crippen LogP) is 4.20. The fourth-order valence-electron chi connectivity index (χ4n) is 1.59. The van der Waals surface area contributed by atoms with Gasteiger partial charge in [0.1, 0.15) is 5.75 Å². The van der Waals surface area contributed by atoms with Crippen molar-refractivity contribution < 1.29 is 17.9 Å². The Bertz CT molecular complexity index is 404. The van der Waals surface area contributed by atoms with E-state index in [-0.39, 0.29) is 10.8 Å². The lowest BCUT2D eigenvalue weighted by atomic mass is 9.93. The summed E-state index contributed by atoms with van der Waals surface area (Å²) in [6.07, 6.45) is -1.37. The van der Waals surface area contributed by atoms with Crippen molar-refractivity contribution in [2.24, 2.45) is 0 Å². The van der Waals surface area contributed by atoms with Gasteiger partial charge in [-0.15, -0.1) is 13.2 Å². The number of benzene rings is 1. The Labute approximate surface area is 102 Å². The van der Waals surface area contributed by atoms with Gasteiger partial charge in [0.15, 0.2) is 0 Å². The second kappa shape index (κ2) is 4.64. The molecule has 0 unspecified atom stereocenters. The number of alkyl halides is 3. The molecule has 0 spiro atoms. The summed E-state index contributed by atoms with van der Waals surface area (Å²) in [6, 6.07) is 4.60. The smallest absolute Gasteiger partial charge is 0.404 e. The molecule has 0 bridgehead atoms. The molecule has 0 aromatic heterocycles. The first-order valence-corrected chi connectivity index (χ1v) is 5.64. The molecule has 94 valence electrons. The van der Waals surface area contributed by atoms with Crippen LogP contribution in [0.4, 0.5) is 18.9 Å². The van der Waals surface area contributed by atoms with Crippen LogP contribution >= 0.6 is 11.6 Å². The largest absolute Gasteiger partial charge is 0.573 e. The second-order valence-corrected chi connectivity index (χ2v) is 4.37. The Kier molecular flexibility index (Phi) is 3.38. The summed E-state index contributed by atoms with van der Waals surface area (Å²) in [5, 5.41) is 3.14. The zero-order valence-corrected chi connectivity index (χ0v) is 9.61. The van der Waals surface area contributed by atoms with Crippen LogP contribution in [0.2, 0.25) is 5.02 Å². The van der Waals surface area contributed by atoms with Crippen LogP contribution in [0, 0.1) is 0 Å². The summed E-state index contributed by atoms with van der Waals surface area (Å²) in [5.74, 6) is -0.377. The number of halogens is 4. The third kappa shape index (κ3) is 3.43. The highest BCUT2D eigenvalue weighted by Gasteiger charge is 2.32. The van der Waals surface area contributed by atoms with Gasteiger partial charge in [-0.1, -0.05) is 11.6 Å². The summed E-state index contributed by atoms with van der Waals surface area (Å²) < 4.78 is 39.8. The molecule has 2 nitrogen and oxygen atoms in total. The SMILES string of the molecule is FC(F)(F)Oc1ccc(NC2CCC2)cc1Cl. The van der Waals surface area contributed by atoms with Crippen molar-refractivity contribution in [1.82, 2.24) is 0 Å². The van der Waals surface area contributed by atoms with E-state index in [2.05, 4.69) is 10.1 Å².